The number of hydrogen-bond acceptors (Lipinski definition) is 3. The van der Waals surface area contributed by atoms with Crippen molar-refractivity contribution in [3.8, 4) is 5.75 Å². The molecule has 0 heterocycles. The van der Waals surface area contributed by atoms with Crippen LogP contribution in [0.4, 0.5) is 0 Å². The third-order valence-electron chi connectivity index (χ3n) is 3.77. The molecule has 0 saturated carbocycles. The Morgan fingerprint density at radius 2 is 1.81 bits per heavy atom. The fraction of sp³-hybridized carbons (Fsp3) is 0.0909. The molecule has 0 radical (unpaired) electrons. The lowest BCUT2D eigenvalue weighted by molar-refractivity contribution is 0.0955. The van der Waals surface area contributed by atoms with Gasteiger partial charge in [-0.05, 0) is 42.3 Å². The van der Waals surface area contributed by atoms with Crippen LogP contribution in [0.25, 0.3) is 0 Å². The van der Waals surface area contributed by atoms with E-state index in [1.807, 2.05) is 79.7 Å². The molecule has 0 aliphatic carbocycles. The lowest BCUT2D eigenvalue weighted by Gasteiger charge is -2.06. The zero-order chi connectivity index (χ0) is 18.2. The highest BCUT2D eigenvalue weighted by Crippen LogP contribution is 2.14. The Balaban J connectivity index is 1.57. The maximum absolute atomic E-state index is 12.1. The number of hydrogen-bond donors (Lipinski definition) is 1. The predicted molar refractivity (Wildman–Crippen MR) is 103 cm³/mol. The molecule has 0 aliphatic rings. The van der Waals surface area contributed by atoms with E-state index in [2.05, 4.69) is 10.5 Å². The average Bonchev–Trinajstić information content (AvgIpc) is 2.67. The largest absolute Gasteiger partial charge is 0.489 e. The van der Waals surface area contributed by atoms with Crippen LogP contribution in [-0.4, -0.2) is 12.1 Å². The second-order valence-electron chi connectivity index (χ2n) is 5.92. The number of carbonyl (C=O) groups excluding carboxylic acids is 1. The lowest BCUT2D eigenvalue weighted by Crippen LogP contribution is -2.17. The molecule has 0 aliphatic heterocycles. The fourth-order valence-corrected chi connectivity index (χ4v) is 2.44. The molecular weight excluding hydrogens is 324 g/mol. The Labute approximate surface area is 153 Å². The molecule has 3 rings (SSSR count). The standard InChI is InChI=1S/C22H20N2O2/c1-17-7-5-11-20(13-17)22(25)24-23-15-19-10-6-12-21(14-19)26-16-18-8-3-2-4-9-18/h2-15H,16H2,1H3,(H,24,25)/b23-15+. The molecule has 3 aromatic carbocycles. The zero-order valence-electron chi connectivity index (χ0n) is 14.6. The molecule has 130 valence electrons. The van der Waals surface area contributed by atoms with Crippen LogP contribution in [0.3, 0.4) is 0 Å². The molecule has 0 aromatic heterocycles. The third kappa shape index (κ3) is 5.05. The van der Waals surface area contributed by atoms with Crippen LogP contribution in [-0.2, 0) is 6.61 Å². The van der Waals surface area contributed by atoms with Crippen LogP contribution in [0.2, 0.25) is 0 Å². The van der Waals surface area contributed by atoms with E-state index in [1.165, 1.54) is 0 Å². The fourth-order valence-electron chi connectivity index (χ4n) is 2.44. The summed E-state index contributed by atoms with van der Waals surface area (Å²) in [6.07, 6.45) is 1.60. The van der Waals surface area contributed by atoms with E-state index in [4.69, 9.17) is 4.74 Å². The topological polar surface area (TPSA) is 50.7 Å². The molecule has 0 saturated heterocycles. The minimum atomic E-state index is -0.235. The summed E-state index contributed by atoms with van der Waals surface area (Å²) < 4.78 is 5.79. The lowest BCUT2D eigenvalue weighted by atomic mass is 10.1. The SMILES string of the molecule is Cc1cccc(C(=O)N/N=C/c2cccc(OCc3ccccc3)c2)c1. The second-order valence-corrected chi connectivity index (χ2v) is 5.92. The molecule has 1 amide bonds. The number of rotatable bonds is 6. The van der Waals surface area contributed by atoms with E-state index >= 15 is 0 Å². The molecule has 26 heavy (non-hydrogen) atoms. The number of aryl methyl sites for hydroxylation is 1. The third-order valence-corrected chi connectivity index (χ3v) is 3.77. The monoisotopic (exact) mass is 344 g/mol. The number of benzene rings is 3. The van der Waals surface area contributed by atoms with Gasteiger partial charge in [0, 0.05) is 5.56 Å². The van der Waals surface area contributed by atoms with Crippen LogP contribution >= 0.6 is 0 Å². The minimum Gasteiger partial charge on any atom is -0.489 e. The van der Waals surface area contributed by atoms with Gasteiger partial charge in [0.15, 0.2) is 0 Å². The van der Waals surface area contributed by atoms with Crippen molar-refractivity contribution in [3.63, 3.8) is 0 Å². The number of ether oxygens (including phenoxy) is 1. The van der Waals surface area contributed by atoms with Crippen molar-refractivity contribution in [2.45, 2.75) is 13.5 Å². The first-order valence-corrected chi connectivity index (χ1v) is 8.37. The van der Waals surface area contributed by atoms with Gasteiger partial charge < -0.3 is 4.74 Å². The summed E-state index contributed by atoms with van der Waals surface area (Å²) in [6, 6.07) is 24.9. The van der Waals surface area contributed by atoms with Crippen LogP contribution in [0.1, 0.15) is 27.0 Å². The van der Waals surface area contributed by atoms with Crippen molar-refractivity contribution in [3.05, 3.63) is 101 Å². The van der Waals surface area contributed by atoms with E-state index in [1.54, 1.807) is 12.3 Å². The molecular formula is C22H20N2O2. The molecule has 0 spiro atoms. The number of carbonyl (C=O) groups is 1. The Morgan fingerprint density at radius 1 is 1.00 bits per heavy atom. The highest BCUT2D eigenvalue weighted by molar-refractivity contribution is 5.95. The number of nitrogens with zero attached hydrogens (tertiary/aromatic N) is 1. The summed E-state index contributed by atoms with van der Waals surface area (Å²) in [7, 11) is 0. The first-order valence-electron chi connectivity index (χ1n) is 8.37. The number of nitrogens with one attached hydrogen (secondary N) is 1. The Bertz CT molecular complexity index is 905. The van der Waals surface area contributed by atoms with Gasteiger partial charge in [0.2, 0.25) is 0 Å². The van der Waals surface area contributed by atoms with Crippen molar-refractivity contribution in [2.24, 2.45) is 5.10 Å². The summed E-state index contributed by atoms with van der Waals surface area (Å²) in [5.41, 5.74) is 6.11. The van der Waals surface area contributed by atoms with E-state index in [-0.39, 0.29) is 5.91 Å². The molecule has 0 unspecified atom stereocenters. The van der Waals surface area contributed by atoms with E-state index in [0.717, 1.165) is 22.4 Å². The molecule has 3 aromatic rings. The Kier molecular flexibility index (Phi) is 5.78. The van der Waals surface area contributed by atoms with Gasteiger partial charge in [-0.1, -0.05) is 60.2 Å². The second kappa shape index (κ2) is 8.62. The van der Waals surface area contributed by atoms with Gasteiger partial charge in [-0.3, -0.25) is 4.79 Å². The first kappa shape index (κ1) is 17.4. The van der Waals surface area contributed by atoms with Crippen molar-refractivity contribution >= 4 is 12.1 Å². The van der Waals surface area contributed by atoms with Crippen LogP contribution < -0.4 is 10.2 Å². The molecule has 0 fully saturated rings. The molecule has 0 atom stereocenters. The van der Waals surface area contributed by atoms with Gasteiger partial charge in [0.25, 0.3) is 5.91 Å². The van der Waals surface area contributed by atoms with Gasteiger partial charge in [-0.25, -0.2) is 5.43 Å². The molecule has 4 heteroatoms. The Hall–Kier alpha value is -3.40. The first-order chi connectivity index (χ1) is 12.7. The average molecular weight is 344 g/mol. The molecule has 1 N–H and O–H groups in total. The van der Waals surface area contributed by atoms with Crippen molar-refractivity contribution in [1.82, 2.24) is 5.43 Å². The van der Waals surface area contributed by atoms with Gasteiger partial charge >= 0.3 is 0 Å². The maximum Gasteiger partial charge on any atom is 0.271 e. The quantitative estimate of drug-likeness (QED) is 0.534. The molecule has 4 nitrogen and oxygen atoms in total. The van der Waals surface area contributed by atoms with Crippen molar-refractivity contribution < 1.29 is 9.53 Å². The summed E-state index contributed by atoms with van der Waals surface area (Å²) >= 11 is 0. The zero-order valence-corrected chi connectivity index (χ0v) is 14.6. The smallest absolute Gasteiger partial charge is 0.271 e. The number of amides is 1. The summed E-state index contributed by atoms with van der Waals surface area (Å²) in [5.74, 6) is 0.518. The summed E-state index contributed by atoms with van der Waals surface area (Å²) in [4.78, 5) is 12.1. The summed E-state index contributed by atoms with van der Waals surface area (Å²) in [5, 5.41) is 4.03. The normalized spacial score (nSPS) is 10.7. The van der Waals surface area contributed by atoms with Crippen LogP contribution in [0.5, 0.6) is 5.75 Å². The van der Waals surface area contributed by atoms with Gasteiger partial charge in [0.1, 0.15) is 12.4 Å². The minimum absolute atomic E-state index is 0.235. The summed E-state index contributed by atoms with van der Waals surface area (Å²) in [6.45, 7) is 2.45. The van der Waals surface area contributed by atoms with Gasteiger partial charge in [0.05, 0.1) is 6.21 Å². The maximum atomic E-state index is 12.1. The van der Waals surface area contributed by atoms with Crippen molar-refractivity contribution in [1.29, 1.82) is 0 Å². The highest BCUT2D eigenvalue weighted by Gasteiger charge is 2.03. The Morgan fingerprint density at radius 3 is 2.62 bits per heavy atom. The van der Waals surface area contributed by atoms with E-state index in [9.17, 15) is 4.79 Å². The van der Waals surface area contributed by atoms with Gasteiger partial charge in [-0.15, -0.1) is 0 Å². The molecule has 0 bridgehead atoms. The number of hydrazone groups is 1. The van der Waals surface area contributed by atoms with Crippen LogP contribution in [0.15, 0.2) is 84.0 Å². The van der Waals surface area contributed by atoms with E-state index in [0.29, 0.717) is 12.2 Å². The predicted octanol–water partition coefficient (Wildman–Crippen LogP) is 4.34. The highest BCUT2D eigenvalue weighted by atomic mass is 16.5. The van der Waals surface area contributed by atoms with E-state index < -0.39 is 0 Å². The van der Waals surface area contributed by atoms with Crippen LogP contribution in [0, 0.1) is 6.92 Å². The van der Waals surface area contributed by atoms with Gasteiger partial charge in [-0.2, -0.15) is 5.10 Å². The van der Waals surface area contributed by atoms with Crippen molar-refractivity contribution in [2.75, 3.05) is 0 Å².